The van der Waals surface area contributed by atoms with E-state index in [1.54, 1.807) is 7.11 Å². The molecule has 1 aromatic carbocycles. The molecule has 0 atom stereocenters. The van der Waals surface area contributed by atoms with Gasteiger partial charge in [0.1, 0.15) is 5.75 Å². The van der Waals surface area contributed by atoms with E-state index in [1.807, 2.05) is 0 Å². The minimum Gasteiger partial charge on any atom is -0.495 e. The summed E-state index contributed by atoms with van der Waals surface area (Å²) in [7, 11) is 1.74. The molecule has 1 saturated carbocycles. The van der Waals surface area contributed by atoms with Crippen LogP contribution in [0, 0.1) is 5.92 Å². The number of hydrogen-bond acceptors (Lipinski definition) is 2. The van der Waals surface area contributed by atoms with Crippen LogP contribution in [0.25, 0.3) is 0 Å². The van der Waals surface area contributed by atoms with Crippen molar-refractivity contribution in [3.63, 3.8) is 0 Å². The van der Waals surface area contributed by atoms with E-state index in [0.717, 1.165) is 36.2 Å². The molecule has 0 bridgehead atoms. The molecule has 1 heterocycles. The summed E-state index contributed by atoms with van der Waals surface area (Å²) in [6.07, 6.45) is 8.96. The van der Waals surface area contributed by atoms with Gasteiger partial charge in [0.15, 0.2) is 0 Å². The molecule has 0 spiro atoms. The highest BCUT2D eigenvalue weighted by molar-refractivity contribution is 6.32. The molecule has 21 heavy (non-hydrogen) atoms. The van der Waals surface area contributed by atoms with E-state index in [9.17, 15) is 0 Å². The van der Waals surface area contributed by atoms with Gasteiger partial charge in [-0.05, 0) is 74.2 Å². The smallest absolute Gasteiger partial charge is 0.140 e. The predicted molar refractivity (Wildman–Crippen MR) is 88.5 cm³/mol. The van der Waals surface area contributed by atoms with Crippen LogP contribution in [0.1, 0.15) is 55.6 Å². The summed E-state index contributed by atoms with van der Waals surface area (Å²) in [4.78, 5) is 0. The molecule has 1 saturated heterocycles. The summed E-state index contributed by atoms with van der Waals surface area (Å²) in [5.74, 6) is 2.36. The summed E-state index contributed by atoms with van der Waals surface area (Å²) in [5.41, 5.74) is 2.75. The van der Waals surface area contributed by atoms with Gasteiger partial charge in [0.2, 0.25) is 0 Å². The number of methoxy groups -OCH3 is 1. The Kier molecular flexibility index (Phi) is 5.07. The van der Waals surface area contributed by atoms with Gasteiger partial charge >= 0.3 is 0 Å². The molecule has 2 nitrogen and oxygen atoms in total. The molecule has 0 radical (unpaired) electrons. The number of hydrogen-bond donors (Lipinski definition) is 1. The van der Waals surface area contributed by atoms with Crippen molar-refractivity contribution in [2.45, 2.75) is 50.9 Å². The highest BCUT2D eigenvalue weighted by Gasteiger charge is 2.23. The van der Waals surface area contributed by atoms with Crippen molar-refractivity contribution in [1.29, 1.82) is 0 Å². The van der Waals surface area contributed by atoms with Crippen molar-refractivity contribution < 1.29 is 4.74 Å². The summed E-state index contributed by atoms with van der Waals surface area (Å²) in [6, 6.07) is 4.50. The summed E-state index contributed by atoms with van der Waals surface area (Å²) in [5, 5.41) is 4.24. The quantitative estimate of drug-likeness (QED) is 0.881. The van der Waals surface area contributed by atoms with Crippen LogP contribution >= 0.6 is 11.6 Å². The molecule has 1 N–H and O–H groups in total. The van der Waals surface area contributed by atoms with Gasteiger partial charge in [-0.3, -0.25) is 0 Å². The first-order valence-electron chi connectivity index (χ1n) is 8.35. The molecule has 116 valence electrons. The Bertz CT molecular complexity index is 476. The van der Waals surface area contributed by atoms with Crippen LogP contribution in [0.15, 0.2) is 12.1 Å². The van der Waals surface area contributed by atoms with Crippen LogP contribution < -0.4 is 10.1 Å². The van der Waals surface area contributed by atoms with Crippen molar-refractivity contribution in [2.75, 3.05) is 20.2 Å². The second-order valence-electron chi connectivity index (χ2n) is 6.58. The van der Waals surface area contributed by atoms with Gasteiger partial charge in [0, 0.05) is 0 Å². The standard InChI is InChI=1S/C18H26ClNO/c1-21-18-16(15-4-2-3-5-15)11-14(12-17(18)19)10-13-6-8-20-9-7-13/h11-13,15,20H,2-10H2,1H3. The van der Waals surface area contributed by atoms with E-state index >= 15 is 0 Å². The molecule has 1 aromatic rings. The molecular formula is C18H26ClNO. The van der Waals surface area contributed by atoms with Crippen molar-refractivity contribution in [1.82, 2.24) is 5.32 Å². The van der Waals surface area contributed by atoms with Gasteiger partial charge in [0.05, 0.1) is 12.1 Å². The van der Waals surface area contributed by atoms with Crippen molar-refractivity contribution in [2.24, 2.45) is 5.92 Å². The van der Waals surface area contributed by atoms with Gasteiger partial charge in [-0.25, -0.2) is 0 Å². The van der Waals surface area contributed by atoms with E-state index in [1.165, 1.54) is 49.7 Å². The lowest BCUT2D eigenvalue weighted by Crippen LogP contribution is -2.28. The first kappa shape index (κ1) is 15.2. The fourth-order valence-corrected chi connectivity index (χ4v) is 4.29. The van der Waals surface area contributed by atoms with Gasteiger partial charge in [-0.2, -0.15) is 0 Å². The second-order valence-corrected chi connectivity index (χ2v) is 6.99. The maximum Gasteiger partial charge on any atom is 0.140 e. The van der Waals surface area contributed by atoms with E-state index in [2.05, 4.69) is 17.4 Å². The van der Waals surface area contributed by atoms with Crippen LogP contribution in [0.5, 0.6) is 5.75 Å². The van der Waals surface area contributed by atoms with Gasteiger partial charge in [-0.1, -0.05) is 30.5 Å². The summed E-state index contributed by atoms with van der Waals surface area (Å²) >= 11 is 6.49. The number of ether oxygens (including phenoxy) is 1. The topological polar surface area (TPSA) is 21.3 Å². The fraction of sp³-hybridized carbons (Fsp3) is 0.667. The van der Waals surface area contributed by atoms with Gasteiger partial charge in [0.25, 0.3) is 0 Å². The number of halogens is 1. The lowest BCUT2D eigenvalue weighted by Gasteiger charge is -2.24. The zero-order valence-corrected chi connectivity index (χ0v) is 13.7. The first-order valence-corrected chi connectivity index (χ1v) is 8.72. The number of rotatable bonds is 4. The highest BCUT2D eigenvalue weighted by Crippen LogP contribution is 2.42. The number of piperidine rings is 1. The maximum atomic E-state index is 6.49. The molecule has 2 aliphatic rings. The Hall–Kier alpha value is -0.730. The normalized spacial score (nSPS) is 20.9. The molecule has 1 aliphatic heterocycles. The molecule has 3 heteroatoms. The lowest BCUT2D eigenvalue weighted by molar-refractivity contribution is 0.372. The van der Waals surface area contributed by atoms with Crippen LogP contribution in [0.4, 0.5) is 0 Å². The van der Waals surface area contributed by atoms with Crippen LogP contribution in [-0.4, -0.2) is 20.2 Å². The zero-order valence-electron chi connectivity index (χ0n) is 13.0. The Balaban J connectivity index is 1.83. The Morgan fingerprint density at radius 1 is 1.14 bits per heavy atom. The molecule has 2 fully saturated rings. The monoisotopic (exact) mass is 307 g/mol. The van der Waals surface area contributed by atoms with E-state index in [0.29, 0.717) is 5.92 Å². The third-order valence-electron chi connectivity index (χ3n) is 5.11. The largest absolute Gasteiger partial charge is 0.495 e. The summed E-state index contributed by atoms with van der Waals surface area (Å²) < 4.78 is 5.59. The molecule has 1 aliphatic carbocycles. The molecule has 0 aromatic heterocycles. The van der Waals surface area contributed by atoms with Crippen molar-refractivity contribution in [3.8, 4) is 5.75 Å². The highest BCUT2D eigenvalue weighted by atomic mass is 35.5. The second kappa shape index (κ2) is 7.02. The van der Waals surface area contributed by atoms with Crippen LogP contribution in [0.2, 0.25) is 5.02 Å². The average molecular weight is 308 g/mol. The Morgan fingerprint density at radius 3 is 2.52 bits per heavy atom. The average Bonchev–Trinajstić information content (AvgIpc) is 3.02. The third kappa shape index (κ3) is 3.54. The van der Waals surface area contributed by atoms with Crippen LogP contribution in [0.3, 0.4) is 0 Å². The third-order valence-corrected chi connectivity index (χ3v) is 5.40. The number of benzene rings is 1. The number of nitrogens with one attached hydrogen (secondary N) is 1. The minimum atomic E-state index is 0.644. The van der Waals surface area contributed by atoms with E-state index in [4.69, 9.17) is 16.3 Å². The zero-order chi connectivity index (χ0) is 14.7. The van der Waals surface area contributed by atoms with Gasteiger partial charge in [-0.15, -0.1) is 0 Å². The van der Waals surface area contributed by atoms with E-state index in [-0.39, 0.29) is 0 Å². The van der Waals surface area contributed by atoms with Gasteiger partial charge < -0.3 is 10.1 Å². The Morgan fingerprint density at radius 2 is 1.86 bits per heavy atom. The minimum absolute atomic E-state index is 0.644. The molecular weight excluding hydrogens is 282 g/mol. The van der Waals surface area contributed by atoms with Crippen LogP contribution in [-0.2, 0) is 6.42 Å². The molecule has 0 unspecified atom stereocenters. The SMILES string of the molecule is COc1c(Cl)cc(CC2CCNCC2)cc1C1CCCC1. The van der Waals surface area contributed by atoms with E-state index < -0.39 is 0 Å². The maximum absolute atomic E-state index is 6.49. The Labute approximate surface area is 133 Å². The van der Waals surface area contributed by atoms with Crippen molar-refractivity contribution >= 4 is 11.6 Å². The molecule has 0 amide bonds. The first-order chi connectivity index (χ1) is 10.3. The fourth-order valence-electron chi connectivity index (χ4n) is 3.97. The lowest BCUT2D eigenvalue weighted by atomic mass is 9.88. The van der Waals surface area contributed by atoms with Crippen molar-refractivity contribution in [3.05, 3.63) is 28.3 Å². The molecule has 3 rings (SSSR count). The predicted octanol–water partition coefficient (Wildman–Crippen LogP) is 4.55. The summed E-state index contributed by atoms with van der Waals surface area (Å²) in [6.45, 7) is 2.31.